The first-order valence-electron chi connectivity index (χ1n) is 24.2. The number of methoxy groups -OCH3 is 1. The molecular formula is C53H55F4NO18S5. The lowest BCUT2D eigenvalue weighted by atomic mass is 9.70. The second-order valence-corrected chi connectivity index (χ2v) is 26.6. The van der Waals surface area contributed by atoms with E-state index >= 15 is 0 Å². The summed E-state index contributed by atoms with van der Waals surface area (Å²) in [5.74, 6) is -10.8. The molecule has 5 aromatic rings. The summed E-state index contributed by atoms with van der Waals surface area (Å²) < 4.78 is 241. The van der Waals surface area contributed by atoms with Crippen molar-refractivity contribution in [1.29, 1.82) is 0 Å². The third-order valence-electron chi connectivity index (χ3n) is 13.9. The van der Waals surface area contributed by atoms with Gasteiger partial charge >= 0.3 is 5.97 Å². The number of unbranched alkanes of at least 4 members (excludes halogenated alkanes) is 2. The summed E-state index contributed by atoms with van der Waals surface area (Å²) in [5, 5.41) is -0.257. The maximum atomic E-state index is 14.2. The number of aryl methyl sites for hydroxylation is 1. The highest BCUT2D eigenvalue weighted by atomic mass is 32.2. The molecule has 5 aromatic carbocycles. The first-order chi connectivity index (χ1) is 37.5. The molecule has 0 saturated heterocycles. The molecule has 0 amide bonds. The zero-order valence-corrected chi connectivity index (χ0v) is 47.6. The summed E-state index contributed by atoms with van der Waals surface area (Å²) in [6, 6.07) is 8.94. The Balaban J connectivity index is 1.38. The van der Waals surface area contributed by atoms with Crippen LogP contribution in [0, 0.1) is 30.2 Å². The maximum absolute atomic E-state index is 14.2. The molecule has 0 aromatic heterocycles. The Hall–Kier alpha value is -6.18. The van der Waals surface area contributed by atoms with Gasteiger partial charge in [-0.25, -0.2) is 8.78 Å². The van der Waals surface area contributed by atoms with E-state index in [9.17, 15) is 87.2 Å². The van der Waals surface area contributed by atoms with Crippen LogP contribution in [-0.2, 0) is 71.0 Å². The number of rotatable bonds is 24. The van der Waals surface area contributed by atoms with E-state index in [4.69, 9.17) is 4.74 Å². The lowest BCUT2D eigenvalue weighted by Gasteiger charge is -2.34. The molecule has 0 radical (unpaired) electrons. The first-order valence-corrected chi connectivity index (χ1v) is 31.6. The van der Waals surface area contributed by atoms with Crippen LogP contribution in [0.5, 0.6) is 5.75 Å². The van der Waals surface area contributed by atoms with Crippen molar-refractivity contribution in [2.75, 3.05) is 30.9 Å². The summed E-state index contributed by atoms with van der Waals surface area (Å²) in [5.41, 5.74) is -0.256. The van der Waals surface area contributed by atoms with Crippen LogP contribution in [0.1, 0.15) is 75.5 Å². The quantitative estimate of drug-likeness (QED) is 0.00729. The van der Waals surface area contributed by atoms with Gasteiger partial charge in [0, 0.05) is 65.7 Å². The second kappa shape index (κ2) is 24.3. The lowest BCUT2D eigenvalue weighted by Crippen LogP contribution is -2.30. The van der Waals surface area contributed by atoms with Crippen LogP contribution >= 0.6 is 0 Å². The number of benzene rings is 5. The Morgan fingerprint density at radius 1 is 0.691 bits per heavy atom. The first kappa shape index (κ1) is 64.0. The maximum Gasteiger partial charge on any atom is 0.311 e. The minimum Gasteiger partial charge on any atom is -0.420 e. The molecule has 2 atom stereocenters. The van der Waals surface area contributed by atoms with E-state index in [1.54, 1.807) is 63.3 Å². The molecule has 6 rings (SSSR count). The molecule has 5 N–H and O–H groups in total. The third-order valence-corrected chi connectivity index (χ3v) is 18.1. The van der Waals surface area contributed by atoms with E-state index < -0.39 is 128 Å². The fraction of sp³-hybridized carbons (Fsp3) is 0.302. The highest BCUT2D eigenvalue weighted by Crippen LogP contribution is 2.54. The van der Waals surface area contributed by atoms with Gasteiger partial charge in [-0.05, 0) is 115 Å². The van der Waals surface area contributed by atoms with Crippen LogP contribution in [-0.4, -0.2) is 96.8 Å². The van der Waals surface area contributed by atoms with Crippen LogP contribution in [0.25, 0.3) is 21.5 Å². The lowest BCUT2D eigenvalue weighted by molar-refractivity contribution is -0.135. The van der Waals surface area contributed by atoms with Gasteiger partial charge in [0.2, 0.25) is 17.4 Å². The van der Waals surface area contributed by atoms with E-state index in [1.165, 1.54) is 31.4 Å². The SMILES string of the molecule is C=C(/C=C/C=C/C=C/C=C1/N(CCCCCC(=O)Oc2c(F)c(F)cc(F)c2F)c2ccc3c(S(=O)(=O)O)cc(S(=O)(=O)O)cc3c2C1(C)CCOC)C(C)(CCCS(=O)(=O)O)c1c(C)ccc2c(S(=O)(=O)O)cc(S(=O)(=O)O)cc12. The van der Waals surface area contributed by atoms with Gasteiger partial charge in [0.15, 0.2) is 11.6 Å². The number of halogens is 4. The Bertz CT molecular complexity index is 4060. The number of anilines is 1. The zero-order valence-electron chi connectivity index (χ0n) is 43.6. The Kier molecular flexibility index (Phi) is 19.2. The smallest absolute Gasteiger partial charge is 0.311 e. The fourth-order valence-electron chi connectivity index (χ4n) is 10.0. The standard InChI is InChI=1S/C53H55F4NO18S5/c1-32-18-19-36-38(27-34(78(63,64)65)29-43(36)80(69,70)71)47(32)52(3,22-14-26-77(60,61)62)33(2)15-10-7-6-8-11-16-45-53(4,23-25-75-5)48-39-28-35(79(66,67)68)30-44(81(72,73)74)37(39)20-21-42(48)58(45)24-13-9-12-17-46(59)76-51-49(56)40(54)31-41(55)50(51)57/h6-8,10-11,15-16,18-21,27-31H,2,9,12-14,17,22-26H2,1,3-5H3,(H,60,61,62)(H,63,64,65)(H,66,67,68)(H,69,70,71)(H,72,73,74)/b7-6+,11-8+,15-10+,45-16+. The number of ether oxygens (including phenoxy) is 2. The summed E-state index contributed by atoms with van der Waals surface area (Å²) in [6.45, 7) is 9.43. The van der Waals surface area contributed by atoms with Crippen molar-refractivity contribution in [2.24, 2.45) is 0 Å². The number of esters is 1. The average molecular weight is 1230 g/mol. The van der Waals surface area contributed by atoms with Crippen molar-refractivity contribution in [3.63, 3.8) is 0 Å². The van der Waals surface area contributed by atoms with Crippen LogP contribution in [0.4, 0.5) is 23.2 Å². The van der Waals surface area contributed by atoms with E-state index in [1.807, 2.05) is 4.90 Å². The number of hydrogen-bond acceptors (Lipinski definition) is 14. The molecule has 19 nitrogen and oxygen atoms in total. The molecular weight excluding hydrogens is 1170 g/mol. The molecule has 28 heteroatoms. The molecule has 2 unspecified atom stereocenters. The molecule has 0 fully saturated rings. The van der Waals surface area contributed by atoms with Crippen LogP contribution < -0.4 is 9.64 Å². The largest absolute Gasteiger partial charge is 0.420 e. The van der Waals surface area contributed by atoms with Crippen molar-refractivity contribution >= 4 is 83.8 Å². The third kappa shape index (κ3) is 14.4. The minimum absolute atomic E-state index is 0.0221. The highest BCUT2D eigenvalue weighted by molar-refractivity contribution is 7.87. The van der Waals surface area contributed by atoms with Crippen molar-refractivity contribution in [3.05, 3.63) is 155 Å². The summed E-state index contributed by atoms with van der Waals surface area (Å²) in [4.78, 5) is 11.0. The molecule has 438 valence electrons. The number of allylic oxidation sites excluding steroid dienone is 9. The van der Waals surface area contributed by atoms with E-state index in [0.29, 0.717) is 34.6 Å². The zero-order chi connectivity index (χ0) is 60.4. The second-order valence-electron chi connectivity index (χ2n) is 19.4. The number of carbonyl (C=O) groups excluding carboxylic acids is 1. The number of fused-ring (bicyclic) bond motifs is 4. The van der Waals surface area contributed by atoms with Gasteiger partial charge in [-0.1, -0.05) is 74.6 Å². The Labute approximate surface area is 465 Å². The topological polar surface area (TPSA) is 311 Å². The number of hydrogen-bond donors (Lipinski definition) is 5. The molecule has 1 aliphatic heterocycles. The van der Waals surface area contributed by atoms with Gasteiger partial charge in [0.1, 0.15) is 9.79 Å². The molecule has 1 heterocycles. The van der Waals surface area contributed by atoms with Gasteiger partial charge in [-0.15, -0.1) is 0 Å². The molecule has 0 spiro atoms. The number of carbonyl (C=O) groups is 1. The summed E-state index contributed by atoms with van der Waals surface area (Å²) in [7, 11) is -23.4. The average Bonchev–Trinajstić information content (AvgIpc) is 3.52. The monoisotopic (exact) mass is 1230 g/mol. The van der Waals surface area contributed by atoms with E-state index in [-0.39, 0.29) is 90.4 Å². The van der Waals surface area contributed by atoms with Gasteiger partial charge in [0.25, 0.3) is 50.6 Å². The Morgan fingerprint density at radius 3 is 1.79 bits per heavy atom. The summed E-state index contributed by atoms with van der Waals surface area (Å²) >= 11 is 0. The fourth-order valence-corrected chi connectivity index (χ4v) is 13.2. The minimum atomic E-state index is -5.12. The van der Waals surface area contributed by atoms with Gasteiger partial charge < -0.3 is 14.4 Å². The van der Waals surface area contributed by atoms with Crippen molar-refractivity contribution < 1.29 is 96.7 Å². The van der Waals surface area contributed by atoms with Gasteiger partial charge in [-0.2, -0.15) is 50.9 Å². The van der Waals surface area contributed by atoms with Crippen molar-refractivity contribution in [2.45, 2.75) is 96.1 Å². The van der Waals surface area contributed by atoms with Gasteiger partial charge in [-0.3, -0.25) is 27.6 Å². The van der Waals surface area contributed by atoms with Crippen molar-refractivity contribution in [3.8, 4) is 5.75 Å². The van der Waals surface area contributed by atoms with Crippen molar-refractivity contribution in [1.82, 2.24) is 0 Å². The molecule has 0 saturated carbocycles. The Morgan fingerprint density at radius 2 is 1.23 bits per heavy atom. The van der Waals surface area contributed by atoms with Crippen LogP contribution in [0.3, 0.4) is 0 Å². The van der Waals surface area contributed by atoms with Crippen LogP contribution in [0.2, 0.25) is 0 Å². The molecule has 1 aliphatic rings. The highest BCUT2D eigenvalue weighted by Gasteiger charge is 2.45. The summed E-state index contributed by atoms with van der Waals surface area (Å²) in [6.07, 6.45) is 11.2. The van der Waals surface area contributed by atoms with Crippen LogP contribution in [0.15, 0.2) is 135 Å². The normalized spacial score (nSPS) is 16.9. The van der Waals surface area contributed by atoms with E-state index in [0.717, 1.165) is 12.1 Å². The molecule has 0 aliphatic carbocycles. The molecule has 81 heavy (non-hydrogen) atoms. The van der Waals surface area contributed by atoms with Gasteiger partial charge in [0.05, 0.1) is 15.5 Å². The predicted molar refractivity (Wildman–Crippen MR) is 291 cm³/mol. The predicted octanol–water partition coefficient (Wildman–Crippen LogP) is 9.86. The number of nitrogens with zero attached hydrogens (tertiary/aromatic N) is 1. The van der Waals surface area contributed by atoms with E-state index in [2.05, 4.69) is 11.3 Å². The molecule has 0 bridgehead atoms.